The minimum Gasteiger partial charge on any atom is -0.493 e. The van der Waals surface area contributed by atoms with E-state index in [1.807, 2.05) is 16.8 Å². The van der Waals surface area contributed by atoms with E-state index in [1.165, 1.54) is 31.6 Å². The number of ether oxygens (including phenoxy) is 2. The lowest BCUT2D eigenvalue weighted by Crippen LogP contribution is -2.13. The fourth-order valence-corrected chi connectivity index (χ4v) is 2.44. The first-order valence-electron chi connectivity index (χ1n) is 5.36. The lowest BCUT2D eigenvalue weighted by atomic mass is 10.0. The largest absolute Gasteiger partial charge is 0.493 e. The molecule has 0 aliphatic heterocycles. The zero-order valence-electron chi connectivity index (χ0n) is 10.1. The topological polar surface area (TPSA) is 44.5 Å². The van der Waals surface area contributed by atoms with Crippen molar-refractivity contribution in [2.45, 2.75) is 6.04 Å². The maximum atomic E-state index is 14.0. The molecule has 0 amide bonds. The van der Waals surface area contributed by atoms with E-state index in [0.717, 1.165) is 5.56 Å². The fourth-order valence-electron chi connectivity index (χ4n) is 1.74. The normalized spacial score (nSPS) is 12.2. The van der Waals surface area contributed by atoms with Crippen molar-refractivity contribution in [3.8, 4) is 11.5 Å². The molecule has 18 heavy (non-hydrogen) atoms. The Morgan fingerprint density at radius 2 is 1.89 bits per heavy atom. The first kappa shape index (κ1) is 12.9. The highest BCUT2D eigenvalue weighted by atomic mass is 32.1. The number of rotatable bonds is 4. The molecule has 2 aromatic rings. The van der Waals surface area contributed by atoms with Crippen LogP contribution < -0.4 is 15.2 Å². The van der Waals surface area contributed by atoms with Gasteiger partial charge in [-0.05, 0) is 28.5 Å². The Morgan fingerprint density at radius 1 is 1.22 bits per heavy atom. The summed E-state index contributed by atoms with van der Waals surface area (Å²) in [6, 6.07) is 4.25. The molecule has 0 aliphatic rings. The summed E-state index contributed by atoms with van der Waals surface area (Å²) in [6.45, 7) is 0. The van der Waals surface area contributed by atoms with Gasteiger partial charge >= 0.3 is 0 Å². The summed E-state index contributed by atoms with van der Waals surface area (Å²) in [6.07, 6.45) is 0. The molecule has 0 bridgehead atoms. The van der Waals surface area contributed by atoms with Crippen LogP contribution in [-0.4, -0.2) is 14.2 Å². The smallest absolute Gasteiger partial charge is 0.163 e. The molecular weight excluding hydrogens is 253 g/mol. The molecule has 0 unspecified atom stereocenters. The lowest BCUT2D eigenvalue weighted by molar-refractivity contribution is 0.351. The third-order valence-corrected chi connectivity index (χ3v) is 3.44. The highest BCUT2D eigenvalue weighted by Crippen LogP contribution is 2.34. The maximum Gasteiger partial charge on any atom is 0.163 e. The number of thiophene rings is 1. The monoisotopic (exact) mass is 267 g/mol. The van der Waals surface area contributed by atoms with Gasteiger partial charge in [0, 0.05) is 11.6 Å². The summed E-state index contributed by atoms with van der Waals surface area (Å²) >= 11 is 1.53. The van der Waals surface area contributed by atoms with Crippen molar-refractivity contribution in [3.63, 3.8) is 0 Å². The van der Waals surface area contributed by atoms with Crippen molar-refractivity contribution in [1.29, 1.82) is 0 Å². The van der Waals surface area contributed by atoms with Crippen LogP contribution in [0.1, 0.15) is 17.2 Å². The van der Waals surface area contributed by atoms with Gasteiger partial charge in [0.15, 0.2) is 11.5 Å². The van der Waals surface area contributed by atoms with Crippen molar-refractivity contribution in [2.75, 3.05) is 14.2 Å². The number of nitrogens with two attached hydrogens (primary N) is 1. The average molecular weight is 267 g/mol. The summed E-state index contributed by atoms with van der Waals surface area (Å²) in [7, 11) is 2.98. The standard InChI is InChI=1S/C13H14FNO2S/c1-16-11-5-9(10(14)6-12(11)17-2)13(15)8-3-4-18-7-8/h3-7,13H,15H2,1-2H3/t13-/m1/s1. The first-order valence-corrected chi connectivity index (χ1v) is 6.30. The number of methoxy groups -OCH3 is 2. The summed E-state index contributed by atoms with van der Waals surface area (Å²) < 4.78 is 24.2. The molecule has 5 heteroatoms. The molecule has 0 aliphatic carbocycles. The minimum atomic E-state index is -0.504. The van der Waals surface area contributed by atoms with E-state index in [4.69, 9.17) is 15.2 Å². The Kier molecular flexibility index (Phi) is 3.84. The number of halogens is 1. The van der Waals surface area contributed by atoms with Crippen molar-refractivity contribution in [3.05, 3.63) is 45.9 Å². The summed E-state index contributed by atoms with van der Waals surface area (Å²) in [5.41, 5.74) is 7.32. The van der Waals surface area contributed by atoms with Gasteiger partial charge in [0.05, 0.1) is 20.3 Å². The zero-order valence-corrected chi connectivity index (χ0v) is 11.0. The minimum absolute atomic E-state index is 0.358. The van der Waals surface area contributed by atoms with Crippen LogP contribution in [-0.2, 0) is 0 Å². The number of benzene rings is 1. The highest BCUT2D eigenvalue weighted by molar-refractivity contribution is 7.08. The molecule has 2 rings (SSSR count). The molecule has 0 radical (unpaired) electrons. The van der Waals surface area contributed by atoms with E-state index in [0.29, 0.717) is 17.1 Å². The summed E-state index contributed by atoms with van der Waals surface area (Å²) in [4.78, 5) is 0. The highest BCUT2D eigenvalue weighted by Gasteiger charge is 2.18. The van der Waals surface area contributed by atoms with Crippen molar-refractivity contribution < 1.29 is 13.9 Å². The van der Waals surface area contributed by atoms with Crippen LogP contribution in [0.4, 0.5) is 4.39 Å². The van der Waals surface area contributed by atoms with Gasteiger partial charge in [-0.15, -0.1) is 0 Å². The molecule has 3 nitrogen and oxygen atoms in total. The third kappa shape index (κ3) is 2.32. The second-order valence-electron chi connectivity index (χ2n) is 3.76. The van der Waals surface area contributed by atoms with Gasteiger partial charge in [0.25, 0.3) is 0 Å². The quantitative estimate of drug-likeness (QED) is 0.926. The number of hydrogen-bond donors (Lipinski definition) is 1. The Morgan fingerprint density at radius 3 is 2.44 bits per heavy atom. The van der Waals surface area contributed by atoms with Crippen LogP contribution in [0.5, 0.6) is 11.5 Å². The Bertz CT molecular complexity index is 528. The van der Waals surface area contributed by atoms with Crippen LogP contribution in [0.15, 0.2) is 29.0 Å². The molecule has 2 N–H and O–H groups in total. The maximum absolute atomic E-state index is 14.0. The van der Waals surface area contributed by atoms with Gasteiger partial charge in [-0.2, -0.15) is 11.3 Å². The molecule has 0 saturated heterocycles. The SMILES string of the molecule is COc1cc(F)c([C@H](N)c2ccsc2)cc1OC. The van der Waals surface area contributed by atoms with Crippen LogP contribution in [0.25, 0.3) is 0 Å². The second-order valence-corrected chi connectivity index (χ2v) is 4.54. The lowest BCUT2D eigenvalue weighted by Gasteiger charge is -2.15. The predicted octanol–water partition coefficient (Wildman–Crippen LogP) is 2.95. The van der Waals surface area contributed by atoms with Crippen LogP contribution in [0.2, 0.25) is 0 Å². The fraction of sp³-hybridized carbons (Fsp3) is 0.231. The van der Waals surface area contributed by atoms with E-state index in [1.54, 1.807) is 6.07 Å². The Balaban J connectivity index is 2.45. The number of hydrogen-bond acceptors (Lipinski definition) is 4. The van der Waals surface area contributed by atoms with Gasteiger partial charge in [-0.3, -0.25) is 0 Å². The van der Waals surface area contributed by atoms with E-state index in [2.05, 4.69) is 0 Å². The van der Waals surface area contributed by atoms with Crippen molar-refractivity contribution in [2.24, 2.45) is 5.73 Å². The van der Waals surface area contributed by atoms with Gasteiger partial charge in [-0.1, -0.05) is 0 Å². The first-order chi connectivity index (χ1) is 8.67. The molecule has 0 saturated carbocycles. The average Bonchev–Trinajstić information content (AvgIpc) is 2.91. The van der Waals surface area contributed by atoms with Crippen LogP contribution in [0, 0.1) is 5.82 Å². The Hall–Kier alpha value is -1.59. The van der Waals surface area contributed by atoms with Crippen LogP contribution >= 0.6 is 11.3 Å². The van der Waals surface area contributed by atoms with Crippen LogP contribution in [0.3, 0.4) is 0 Å². The van der Waals surface area contributed by atoms with Crippen molar-refractivity contribution in [1.82, 2.24) is 0 Å². The molecule has 1 aromatic carbocycles. The summed E-state index contributed by atoms with van der Waals surface area (Å²) in [5.74, 6) is 0.433. The second kappa shape index (κ2) is 5.37. The molecule has 0 fully saturated rings. The molecule has 1 aromatic heterocycles. The van der Waals surface area contributed by atoms with Gasteiger partial charge < -0.3 is 15.2 Å². The van der Waals surface area contributed by atoms with Gasteiger partial charge in [0.1, 0.15) is 5.82 Å². The van der Waals surface area contributed by atoms with E-state index in [-0.39, 0.29) is 0 Å². The van der Waals surface area contributed by atoms with E-state index in [9.17, 15) is 4.39 Å². The van der Waals surface area contributed by atoms with Crippen molar-refractivity contribution >= 4 is 11.3 Å². The molecule has 1 heterocycles. The molecule has 96 valence electrons. The van der Waals surface area contributed by atoms with Gasteiger partial charge in [-0.25, -0.2) is 4.39 Å². The molecule has 1 atom stereocenters. The van der Waals surface area contributed by atoms with E-state index < -0.39 is 11.9 Å². The summed E-state index contributed by atoms with van der Waals surface area (Å²) in [5, 5.41) is 3.81. The zero-order chi connectivity index (χ0) is 13.1. The molecular formula is C13H14FNO2S. The predicted molar refractivity (Wildman–Crippen MR) is 69.9 cm³/mol. The van der Waals surface area contributed by atoms with E-state index >= 15 is 0 Å². The Labute approximate surface area is 109 Å². The van der Waals surface area contributed by atoms with Gasteiger partial charge in [0.2, 0.25) is 0 Å². The third-order valence-electron chi connectivity index (χ3n) is 2.74. The molecule has 0 spiro atoms.